The predicted octanol–water partition coefficient (Wildman–Crippen LogP) is 3.04. The van der Waals surface area contributed by atoms with Crippen molar-refractivity contribution in [3.63, 3.8) is 0 Å². The first-order valence-electron chi connectivity index (χ1n) is 9.79. The van der Waals surface area contributed by atoms with Gasteiger partial charge in [-0.1, -0.05) is 11.2 Å². The first-order chi connectivity index (χ1) is 14.3. The van der Waals surface area contributed by atoms with Crippen molar-refractivity contribution in [2.24, 2.45) is 0 Å². The highest BCUT2D eigenvalue weighted by atomic mass is 16.7. The molecule has 0 amide bonds. The fraction of sp³-hybridized carbons (Fsp3) is 0.381. The van der Waals surface area contributed by atoms with Gasteiger partial charge in [-0.25, -0.2) is 0 Å². The van der Waals surface area contributed by atoms with Gasteiger partial charge in [0.2, 0.25) is 18.5 Å². The van der Waals surface area contributed by atoms with Crippen molar-refractivity contribution in [1.82, 2.24) is 20.0 Å². The normalized spacial score (nSPS) is 18.8. The lowest BCUT2D eigenvalue weighted by Crippen LogP contribution is -2.39. The van der Waals surface area contributed by atoms with E-state index < -0.39 is 0 Å². The van der Waals surface area contributed by atoms with Gasteiger partial charge in [-0.3, -0.25) is 9.88 Å². The van der Waals surface area contributed by atoms with Crippen molar-refractivity contribution in [3.8, 4) is 22.9 Å². The predicted molar refractivity (Wildman–Crippen MR) is 103 cm³/mol. The van der Waals surface area contributed by atoms with E-state index >= 15 is 0 Å². The monoisotopic (exact) mass is 394 g/mol. The van der Waals surface area contributed by atoms with Gasteiger partial charge in [0.1, 0.15) is 0 Å². The van der Waals surface area contributed by atoms with Crippen LogP contribution in [-0.4, -0.2) is 46.0 Å². The van der Waals surface area contributed by atoms with Crippen LogP contribution in [0.4, 0.5) is 0 Å². The third-order valence-electron chi connectivity index (χ3n) is 5.13. The summed E-state index contributed by atoms with van der Waals surface area (Å²) in [4.78, 5) is 11.0. The molecular weight excluding hydrogens is 372 g/mol. The Labute approximate surface area is 168 Å². The smallest absolute Gasteiger partial charge is 0.241 e. The number of piperidine rings is 1. The Hall–Kier alpha value is -2.97. The summed E-state index contributed by atoms with van der Waals surface area (Å²) in [6.45, 7) is 3.29. The average Bonchev–Trinajstić information content (AvgIpc) is 3.42. The van der Waals surface area contributed by atoms with E-state index in [9.17, 15) is 0 Å². The molecule has 0 N–H and O–H groups in total. The van der Waals surface area contributed by atoms with Crippen molar-refractivity contribution in [3.05, 3.63) is 54.2 Å². The Morgan fingerprint density at radius 3 is 3.07 bits per heavy atom. The minimum absolute atomic E-state index is 0.195. The average molecular weight is 394 g/mol. The topological polar surface area (TPSA) is 82.7 Å². The zero-order valence-electron chi connectivity index (χ0n) is 16.0. The molecule has 1 fully saturated rings. The number of hydrogen-bond donors (Lipinski definition) is 0. The highest BCUT2D eigenvalue weighted by Crippen LogP contribution is 2.35. The summed E-state index contributed by atoms with van der Waals surface area (Å²) in [5.74, 6) is 2.60. The van der Waals surface area contributed by atoms with Crippen LogP contribution in [0.1, 0.15) is 24.3 Å². The fourth-order valence-corrected chi connectivity index (χ4v) is 3.65. The van der Waals surface area contributed by atoms with E-state index in [2.05, 4.69) is 20.0 Å². The molecule has 0 bridgehead atoms. The molecule has 2 aliphatic rings. The summed E-state index contributed by atoms with van der Waals surface area (Å²) >= 11 is 0. The van der Waals surface area contributed by atoms with Crippen LogP contribution in [0, 0.1) is 0 Å². The van der Waals surface area contributed by atoms with Crippen molar-refractivity contribution in [1.29, 1.82) is 0 Å². The molecule has 3 aromatic rings. The number of benzene rings is 1. The first kappa shape index (κ1) is 18.1. The van der Waals surface area contributed by atoms with Crippen LogP contribution >= 0.6 is 0 Å². The minimum atomic E-state index is 0.195. The quantitative estimate of drug-likeness (QED) is 0.631. The van der Waals surface area contributed by atoms with Crippen molar-refractivity contribution >= 4 is 0 Å². The highest BCUT2D eigenvalue weighted by molar-refractivity contribution is 5.61. The summed E-state index contributed by atoms with van der Waals surface area (Å²) in [5.41, 5.74) is 1.94. The summed E-state index contributed by atoms with van der Waals surface area (Å²) < 4.78 is 22.3. The molecule has 0 aliphatic carbocycles. The number of rotatable bonds is 6. The van der Waals surface area contributed by atoms with Crippen molar-refractivity contribution in [2.45, 2.75) is 32.1 Å². The second-order valence-electron chi connectivity index (χ2n) is 7.25. The zero-order valence-corrected chi connectivity index (χ0v) is 16.0. The van der Waals surface area contributed by atoms with Gasteiger partial charge in [0.15, 0.2) is 11.5 Å². The molecule has 0 radical (unpaired) electrons. The van der Waals surface area contributed by atoms with Gasteiger partial charge in [0, 0.05) is 24.5 Å². The minimum Gasteiger partial charge on any atom is -0.454 e. The summed E-state index contributed by atoms with van der Waals surface area (Å²) in [5, 5.41) is 4.13. The molecule has 1 saturated heterocycles. The van der Waals surface area contributed by atoms with Crippen molar-refractivity contribution in [2.75, 3.05) is 19.9 Å². The summed E-state index contributed by atoms with van der Waals surface area (Å²) in [6.07, 6.45) is 5.95. The van der Waals surface area contributed by atoms with Gasteiger partial charge in [-0.2, -0.15) is 4.98 Å². The fourth-order valence-electron chi connectivity index (χ4n) is 3.65. The molecule has 2 aliphatic heterocycles. The lowest BCUT2D eigenvalue weighted by atomic mass is 10.1. The van der Waals surface area contributed by atoms with Gasteiger partial charge in [0.05, 0.1) is 19.3 Å². The van der Waals surface area contributed by atoms with Crippen LogP contribution in [0.15, 0.2) is 47.2 Å². The second kappa shape index (κ2) is 8.18. The molecule has 0 saturated carbocycles. The van der Waals surface area contributed by atoms with E-state index in [-0.39, 0.29) is 12.9 Å². The highest BCUT2D eigenvalue weighted by Gasteiger charge is 2.23. The van der Waals surface area contributed by atoms with Crippen molar-refractivity contribution < 1.29 is 18.7 Å². The molecule has 8 heteroatoms. The maximum Gasteiger partial charge on any atom is 0.241 e. The Balaban J connectivity index is 1.18. The van der Waals surface area contributed by atoms with Gasteiger partial charge >= 0.3 is 0 Å². The number of aromatic nitrogens is 3. The van der Waals surface area contributed by atoms with Crippen LogP contribution in [0.3, 0.4) is 0 Å². The molecule has 1 atom stereocenters. The molecule has 8 nitrogen and oxygen atoms in total. The molecule has 4 heterocycles. The lowest BCUT2D eigenvalue weighted by Gasteiger charge is -2.31. The van der Waals surface area contributed by atoms with Gasteiger partial charge < -0.3 is 18.7 Å². The summed E-state index contributed by atoms with van der Waals surface area (Å²) in [6, 6.07) is 9.61. The number of ether oxygens (including phenoxy) is 3. The molecule has 5 rings (SSSR count). The van der Waals surface area contributed by atoms with Crippen LogP contribution in [0.25, 0.3) is 11.4 Å². The second-order valence-corrected chi connectivity index (χ2v) is 7.25. The number of nitrogens with zero attached hydrogens (tertiary/aromatic N) is 4. The van der Waals surface area contributed by atoms with E-state index in [0.29, 0.717) is 30.6 Å². The van der Waals surface area contributed by atoms with E-state index in [0.717, 1.165) is 42.8 Å². The molecule has 1 aromatic carbocycles. The number of pyridine rings is 1. The van der Waals surface area contributed by atoms with Crippen LogP contribution in [0.5, 0.6) is 11.5 Å². The van der Waals surface area contributed by atoms with Gasteiger partial charge in [0.25, 0.3) is 0 Å². The Bertz CT molecular complexity index is 962. The SMILES string of the molecule is c1cncc(COC2CCCN(Cc3nc(-c4ccc5c(c4)OCO5)no3)C2)c1. The van der Waals surface area contributed by atoms with Crippen LogP contribution in [-0.2, 0) is 17.9 Å². The molecule has 29 heavy (non-hydrogen) atoms. The molecule has 1 unspecified atom stereocenters. The molecule has 0 spiro atoms. The van der Waals surface area contributed by atoms with Gasteiger partial charge in [-0.15, -0.1) is 0 Å². The number of likely N-dealkylation sites (tertiary alicyclic amines) is 1. The van der Waals surface area contributed by atoms with Gasteiger partial charge in [-0.05, 0) is 49.2 Å². The van der Waals surface area contributed by atoms with E-state index in [1.54, 1.807) is 6.20 Å². The molecule has 2 aromatic heterocycles. The van der Waals surface area contributed by atoms with E-state index in [1.807, 2.05) is 36.5 Å². The Morgan fingerprint density at radius 1 is 1.17 bits per heavy atom. The Morgan fingerprint density at radius 2 is 2.14 bits per heavy atom. The first-order valence-corrected chi connectivity index (χ1v) is 9.79. The maximum atomic E-state index is 6.08. The molecule has 150 valence electrons. The summed E-state index contributed by atoms with van der Waals surface area (Å²) in [7, 11) is 0. The third-order valence-corrected chi connectivity index (χ3v) is 5.13. The molecular formula is C21H22N4O4. The largest absolute Gasteiger partial charge is 0.454 e. The van der Waals surface area contributed by atoms with E-state index in [4.69, 9.17) is 18.7 Å². The number of hydrogen-bond acceptors (Lipinski definition) is 8. The number of fused-ring (bicyclic) bond motifs is 1. The van der Waals surface area contributed by atoms with Crippen LogP contribution < -0.4 is 9.47 Å². The standard InChI is InChI=1S/C21H22N4O4/c1-3-15(10-22-7-1)13-26-17-4-2-8-25(11-17)12-20-23-21(24-29-20)16-5-6-18-19(9-16)28-14-27-18/h1,3,5-7,9-10,17H,2,4,8,11-14H2. The Kier molecular flexibility index (Phi) is 5.10. The lowest BCUT2D eigenvalue weighted by molar-refractivity contribution is -0.0142. The maximum absolute atomic E-state index is 6.08. The van der Waals surface area contributed by atoms with Crippen LogP contribution in [0.2, 0.25) is 0 Å². The third kappa shape index (κ3) is 4.23. The zero-order chi connectivity index (χ0) is 19.5. The van der Waals surface area contributed by atoms with E-state index in [1.165, 1.54) is 0 Å².